The van der Waals surface area contributed by atoms with Crippen molar-refractivity contribution in [2.24, 2.45) is 5.14 Å². The van der Waals surface area contributed by atoms with Crippen molar-refractivity contribution in [2.45, 2.75) is 11.8 Å². The summed E-state index contributed by atoms with van der Waals surface area (Å²) in [5.74, 6) is 0. The number of hydrogen-bond donors (Lipinski definition) is 2. The summed E-state index contributed by atoms with van der Waals surface area (Å²) < 4.78 is 22.2. The highest BCUT2D eigenvalue weighted by molar-refractivity contribution is 7.89. The van der Waals surface area contributed by atoms with E-state index in [2.05, 4.69) is 0 Å². The van der Waals surface area contributed by atoms with Crippen molar-refractivity contribution in [1.29, 1.82) is 0 Å². The van der Waals surface area contributed by atoms with Crippen LogP contribution in [0.15, 0.2) is 17.0 Å². The van der Waals surface area contributed by atoms with Crippen molar-refractivity contribution < 1.29 is 13.3 Å². The third-order valence-corrected chi connectivity index (χ3v) is 2.91. The van der Waals surface area contributed by atoms with Crippen LogP contribution in [-0.2, 0) is 10.0 Å². The zero-order chi connectivity index (χ0) is 11.8. The first-order chi connectivity index (χ1) is 6.73. The summed E-state index contributed by atoms with van der Waals surface area (Å²) in [4.78, 5) is 9.51. The second-order valence-corrected chi connectivity index (χ2v) is 4.48. The lowest BCUT2D eigenvalue weighted by Gasteiger charge is -2.06. The Morgan fingerprint density at radius 3 is 2.27 bits per heavy atom. The zero-order valence-electron chi connectivity index (χ0n) is 7.80. The summed E-state index contributed by atoms with van der Waals surface area (Å²) in [7, 11) is -3.95. The van der Waals surface area contributed by atoms with Crippen LogP contribution in [0, 0.1) is 17.0 Å². The number of rotatable bonds is 2. The van der Waals surface area contributed by atoms with Crippen molar-refractivity contribution in [1.82, 2.24) is 0 Å². The average molecular weight is 231 g/mol. The maximum atomic E-state index is 11.1. The third kappa shape index (κ3) is 2.22. The lowest BCUT2D eigenvalue weighted by atomic mass is 10.2. The zero-order valence-corrected chi connectivity index (χ0v) is 8.61. The Balaban J connectivity index is 3.55. The summed E-state index contributed by atoms with van der Waals surface area (Å²) in [6.45, 7) is 1.39. The Morgan fingerprint density at radius 1 is 1.40 bits per heavy atom. The second-order valence-electron chi connectivity index (χ2n) is 2.98. The van der Waals surface area contributed by atoms with Gasteiger partial charge >= 0.3 is 0 Å². The van der Waals surface area contributed by atoms with Gasteiger partial charge in [0.05, 0.1) is 10.6 Å². The Hall–Kier alpha value is -1.67. The van der Waals surface area contributed by atoms with E-state index in [1.807, 2.05) is 0 Å². The van der Waals surface area contributed by atoms with Crippen LogP contribution in [0.25, 0.3) is 0 Å². The first-order valence-corrected chi connectivity index (χ1v) is 5.35. The molecular formula is C7H9N3O4S. The largest absolute Gasteiger partial charge is 0.397 e. The second kappa shape index (κ2) is 3.48. The van der Waals surface area contributed by atoms with Crippen molar-refractivity contribution in [3.63, 3.8) is 0 Å². The molecule has 1 aromatic carbocycles. The molecule has 0 atom stereocenters. The molecule has 0 amide bonds. The SMILES string of the molecule is Cc1cc([N+](=O)[O-])cc(N)c1S(N)(=O)=O. The molecule has 1 rings (SSSR count). The normalized spacial score (nSPS) is 11.3. The number of nitro groups is 1. The van der Waals surface area contributed by atoms with Gasteiger partial charge in [0.25, 0.3) is 5.69 Å². The molecule has 8 heteroatoms. The van der Waals surface area contributed by atoms with E-state index in [9.17, 15) is 18.5 Å². The van der Waals surface area contributed by atoms with Gasteiger partial charge in [-0.3, -0.25) is 10.1 Å². The fourth-order valence-corrected chi connectivity index (χ4v) is 2.17. The molecule has 0 fully saturated rings. The fourth-order valence-electron chi connectivity index (χ4n) is 1.28. The molecule has 0 aliphatic carbocycles. The number of nitro benzene ring substituents is 1. The number of nitrogens with zero attached hydrogens (tertiary/aromatic N) is 1. The lowest BCUT2D eigenvalue weighted by molar-refractivity contribution is -0.384. The van der Waals surface area contributed by atoms with Crippen LogP contribution in [0.3, 0.4) is 0 Å². The molecule has 1 aromatic rings. The standard InChI is InChI=1S/C7H9N3O4S/c1-4-2-5(10(11)12)3-6(8)7(4)15(9,13)14/h2-3H,8H2,1H3,(H2,9,13,14). The van der Waals surface area contributed by atoms with E-state index >= 15 is 0 Å². The molecule has 4 N–H and O–H groups in total. The first kappa shape index (κ1) is 11.4. The van der Waals surface area contributed by atoms with Crippen LogP contribution in [-0.4, -0.2) is 13.3 Å². The number of non-ortho nitro benzene ring substituents is 1. The number of nitrogens with two attached hydrogens (primary N) is 2. The van der Waals surface area contributed by atoms with Gasteiger partial charge in [0, 0.05) is 12.1 Å². The molecule has 0 aliphatic heterocycles. The highest BCUT2D eigenvalue weighted by atomic mass is 32.2. The Kier molecular flexibility index (Phi) is 2.65. The number of primary sulfonamides is 1. The van der Waals surface area contributed by atoms with Crippen LogP contribution in [0.2, 0.25) is 0 Å². The minimum absolute atomic E-state index is 0.157. The first-order valence-electron chi connectivity index (χ1n) is 3.81. The molecule has 0 heterocycles. The minimum atomic E-state index is -3.95. The molecule has 0 aromatic heterocycles. The maximum absolute atomic E-state index is 11.1. The fraction of sp³-hybridized carbons (Fsp3) is 0.143. The summed E-state index contributed by atoms with van der Waals surface area (Å²) >= 11 is 0. The van der Waals surface area contributed by atoms with Crippen LogP contribution >= 0.6 is 0 Å². The van der Waals surface area contributed by atoms with E-state index in [1.165, 1.54) is 6.92 Å². The van der Waals surface area contributed by atoms with Crippen molar-refractivity contribution in [2.75, 3.05) is 5.73 Å². The van der Waals surface area contributed by atoms with E-state index < -0.39 is 14.9 Å². The molecule has 0 unspecified atom stereocenters. The predicted molar refractivity (Wildman–Crippen MR) is 53.6 cm³/mol. The molecule has 0 saturated carbocycles. The summed E-state index contributed by atoms with van der Waals surface area (Å²) in [5, 5.41) is 15.3. The lowest BCUT2D eigenvalue weighted by Crippen LogP contribution is -2.16. The van der Waals surface area contributed by atoms with Crippen molar-refractivity contribution >= 4 is 21.4 Å². The van der Waals surface area contributed by atoms with Gasteiger partial charge in [-0.1, -0.05) is 0 Å². The van der Waals surface area contributed by atoms with E-state index in [0.29, 0.717) is 0 Å². The molecule has 0 radical (unpaired) electrons. The predicted octanol–water partition coefficient (Wildman–Crippen LogP) is 0.133. The summed E-state index contributed by atoms with van der Waals surface area (Å²) in [6, 6.07) is 2.07. The van der Waals surface area contributed by atoms with Gasteiger partial charge < -0.3 is 5.73 Å². The molecule has 0 aliphatic rings. The van der Waals surface area contributed by atoms with E-state index in [1.54, 1.807) is 0 Å². The number of hydrogen-bond acceptors (Lipinski definition) is 5. The monoisotopic (exact) mass is 231 g/mol. The van der Waals surface area contributed by atoms with Gasteiger partial charge in [0.15, 0.2) is 0 Å². The molecule has 0 bridgehead atoms. The Bertz CT molecular complexity index is 500. The highest BCUT2D eigenvalue weighted by Gasteiger charge is 2.19. The van der Waals surface area contributed by atoms with E-state index in [-0.39, 0.29) is 21.8 Å². The van der Waals surface area contributed by atoms with E-state index in [0.717, 1.165) is 12.1 Å². The van der Waals surface area contributed by atoms with Gasteiger partial charge in [-0.2, -0.15) is 0 Å². The number of anilines is 1. The topological polar surface area (TPSA) is 129 Å². The molecule has 15 heavy (non-hydrogen) atoms. The van der Waals surface area contributed by atoms with Crippen LogP contribution in [0.1, 0.15) is 5.56 Å². The molecule has 0 saturated heterocycles. The van der Waals surface area contributed by atoms with Gasteiger partial charge in [0.2, 0.25) is 10.0 Å². The third-order valence-electron chi connectivity index (χ3n) is 1.78. The minimum Gasteiger partial charge on any atom is -0.397 e. The van der Waals surface area contributed by atoms with Crippen LogP contribution in [0.4, 0.5) is 11.4 Å². The molecule has 82 valence electrons. The van der Waals surface area contributed by atoms with Gasteiger partial charge in [0.1, 0.15) is 4.90 Å². The Labute approximate surface area is 85.9 Å². The van der Waals surface area contributed by atoms with Gasteiger partial charge in [-0.25, -0.2) is 13.6 Å². The number of benzene rings is 1. The van der Waals surface area contributed by atoms with Crippen LogP contribution < -0.4 is 10.9 Å². The van der Waals surface area contributed by atoms with Crippen molar-refractivity contribution in [3.8, 4) is 0 Å². The smallest absolute Gasteiger partial charge is 0.271 e. The maximum Gasteiger partial charge on any atom is 0.271 e. The molecule has 0 spiro atoms. The van der Waals surface area contributed by atoms with E-state index in [4.69, 9.17) is 10.9 Å². The van der Waals surface area contributed by atoms with Gasteiger partial charge in [-0.05, 0) is 12.5 Å². The van der Waals surface area contributed by atoms with Crippen LogP contribution in [0.5, 0.6) is 0 Å². The average Bonchev–Trinajstić information content (AvgIpc) is 1.99. The quantitative estimate of drug-likeness (QED) is 0.424. The molecular weight excluding hydrogens is 222 g/mol. The highest BCUT2D eigenvalue weighted by Crippen LogP contribution is 2.26. The number of sulfonamides is 1. The number of nitrogen functional groups attached to an aromatic ring is 1. The van der Waals surface area contributed by atoms with Crippen molar-refractivity contribution in [3.05, 3.63) is 27.8 Å². The summed E-state index contributed by atoms with van der Waals surface area (Å²) in [6.07, 6.45) is 0. The molecule has 7 nitrogen and oxygen atoms in total. The van der Waals surface area contributed by atoms with Gasteiger partial charge in [-0.15, -0.1) is 0 Å². The Morgan fingerprint density at radius 2 is 1.93 bits per heavy atom. The summed E-state index contributed by atoms with van der Waals surface area (Å²) in [5.41, 5.74) is 5.05. The number of aryl methyl sites for hydroxylation is 1.